The van der Waals surface area contributed by atoms with Gasteiger partial charge in [-0.15, -0.1) is 0 Å². The minimum Gasteiger partial charge on any atom is -0.303 e. The molecule has 0 aromatic heterocycles. The van der Waals surface area contributed by atoms with Crippen molar-refractivity contribution in [2.75, 3.05) is 25.0 Å². The summed E-state index contributed by atoms with van der Waals surface area (Å²) in [7, 11) is 0. The van der Waals surface area contributed by atoms with Gasteiger partial charge >= 0.3 is 0 Å². The fourth-order valence-electron chi connectivity index (χ4n) is 2.66. The summed E-state index contributed by atoms with van der Waals surface area (Å²) in [5.41, 5.74) is 0.601. The summed E-state index contributed by atoms with van der Waals surface area (Å²) in [5, 5.41) is 1.20. The zero-order valence-electron chi connectivity index (χ0n) is 10.4. The third kappa shape index (κ3) is 4.07. The number of hydrogen-bond acceptors (Lipinski definition) is 1. The first-order chi connectivity index (χ1) is 7.26. The van der Waals surface area contributed by atoms with Gasteiger partial charge in [0.2, 0.25) is 0 Å². The molecule has 1 aliphatic rings. The second-order valence-electron chi connectivity index (χ2n) is 5.06. The maximum Gasteiger partial charge on any atom is 0.0100 e. The normalized spacial score (nSPS) is 20.0. The van der Waals surface area contributed by atoms with Crippen LogP contribution >= 0.6 is 15.9 Å². The maximum atomic E-state index is 3.73. The average Bonchev–Trinajstić information content (AvgIpc) is 2.73. The minimum absolute atomic E-state index is 0.601. The Bertz CT molecular complexity index is 164. The second-order valence-corrected chi connectivity index (χ2v) is 5.62. The van der Waals surface area contributed by atoms with Crippen LogP contribution in [0.1, 0.15) is 52.4 Å². The minimum atomic E-state index is 0.601. The number of hydrogen-bond donors (Lipinski definition) is 0. The van der Waals surface area contributed by atoms with Crippen LogP contribution in [0.5, 0.6) is 0 Å². The van der Waals surface area contributed by atoms with Crippen molar-refractivity contribution < 1.29 is 0 Å². The molecule has 15 heavy (non-hydrogen) atoms. The van der Waals surface area contributed by atoms with Gasteiger partial charge in [0.1, 0.15) is 0 Å². The van der Waals surface area contributed by atoms with Gasteiger partial charge < -0.3 is 4.90 Å². The van der Waals surface area contributed by atoms with Crippen LogP contribution in [-0.4, -0.2) is 29.9 Å². The molecule has 0 aromatic rings. The smallest absolute Gasteiger partial charge is 0.0100 e. The van der Waals surface area contributed by atoms with Crippen molar-refractivity contribution in [2.45, 2.75) is 52.4 Å². The highest BCUT2D eigenvalue weighted by atomic mass is 79.9. The third-order valence-corrected chi connectivity index (χ3v) is 4.97. The molecule has 0 aromatic carbocycles. The molecule has 0 heterocycles. The zero-order chi connectivity index (χ0) is 11.1. The molecule has 1 nitrogen and oxygen atoms in total. The quantitative estimate of drug-likeness (QED) is 0.634. The van der Waals surface area contributed by atoms with Gasteiger partial charge in [-0.25, -0.2) is 0 Å². The Morgan fingerprint density at radius 3 is 2.33 bits per heavy atom. The Morgan fingerprint density at radius 2 is 1.87 bits per heavy atom. The average molecular weight is 276 g/mol. The van der Waals surface area contributed by atoms with Crippen LogP contribution in [0.2, 0.25) is 0 Å². The number of nitrogens with zero attached hydrogens (tertiary/aromatic N) is 1. The van der Waals surface area contributed by atoms with Gasteiger partial charge in [-0.3, -0.25) is 0 Å². The Hall–Kier alpha value is 0.440. The maximum absolute atomic E-state index is 3.73. The highest BCUT2D eigenvalue weighted by Crippen LogP contribution is 2.40. The van der Waals surface area contributed by atoms with E-state index in [2.05, 4.69) is 34.7 Å². The van der Waals surface area contributed by atoms with Gasteiger partial charge in [0.25, 0.3) is 0 Å². The van der Waals surface area contributed by atoms with E-state index in [0.717, 1.165) is 0 Å². The fraction of sp³-hybridized carbons (Fsp3) is 1.00. The lowest BCUT2D eigenvalue weighted by Crippen LogP contribution is -2.37. The molecule has 1 rings (SSSR count). The first-order valence-electron chi connectivity index (χ1n) is 6.54. The number of alkyl halides is 1. The van der Waals surface area contributed by atoms with Crippen molar-refractivity contribution in [3.05, 3.63) is 0 Å². The summed E-state index contributed by atoms with van der Waals surface area (Å²) in [5.74, 6) is 0. The Kier molecular flexibility index (Phi) is 6.21. The Balaban J connectivity index is 2.40. The molecule has 0 spiro atoms. The molecule has 0 radical (unpaired) electrons. The molecule has 0 bridgehead atoms. The Labute approximate surface area is 104 Å². The van der Waals surface area contributed by atoms with E-state index in [1.54, 1.807) is 0 Å². The number of unbranched alkanes of at least 4 members (excludes halogenated alkanes) is 1. The van der Waals surface area contributed by atoms with Crippen molar-refractivity contribution in [2.24, 2.45) is 5.41 Å². The summed E-state index contributed by atoms with van der Waals surface area (Å²) >= 11 is 3.73. The van der Waals surface area contributed by atoms with Crippen molar-refractivity contribution in [1.29, 1.82) is 0 Å². The van der Waals surface area contributed by atoms with Gasteiger partial charge in [-0.1, -0.05) is 49.0 Å². The largest absolute Gasteiger partial charge is 0.303 e. The summed E-state index contributed by atoms with van der Waals surface area (Å²) < 4.78 is 0. The van der Waals surface area contributed by atoms with Gasteiger partial charge in [0, 0.05) is 11.9 Å². The lowest BCUT2D eigenvalue weighted by molar-refractivity contribution is 0.177. The van der Waals surface area contributed by atoms with Crippen molar-refractivity contribution in [3.63, 3.8) is 0 Å². The van der Waals surface area contributed by atoms with E-state index in [4.69, 9.17) is 0 Å². The summed E-state index contributed by atoms with van der Waals surface area (Å²) in [4.78, 5) is 2.65. The molecule has 0 N–H and O–H groups in total. The number of rotatable bonds is 7. The molecule has 0 aliphatic heterocycles. The fourth-order valence-corrected chi connectivity index (χ4v) is 3.40. The predicted molar refractivity (Wildman–Crippen MR) is 71.7 cm³/mol. The highest BCUT2D eigenvalue weighted by molar-refractivity contribution is 9.09. The van der Waals surface area contributed by atoms with Gasteiger partial charge in [-0.05, 0) is 37.8 Å². The number of halogens is 1. The van der Waals surface area contributed by atoms with Crippen LogP contribution in [-0.2, 0) is 0 Å². The van der Waals surface area contributed by atoms with Crippen molar-refractivity contribution in [3.8, 4) is 0 Å². The molecular formula is C13H26BrN. The van der Waals surface area contributed by atoms with Crippen LogP contribution in [0.25, 0.3) is 0 Å². The van der Waals surface area contributed by atoms with E-state index >= 15 is 0 Å². The molecule has 1 fully saturated rings. The molecule has 0 saturated heterocycles. The molecule has 0 amide bonds. The molecule has 90 valence electrons. The van der Waals surface area contributed by atoms with Crippen LogP contribution in [0.3, 0.4) is 0 Å². The molecule has 2 heteroatoms. The predicted octanol–water partition coefficient (Wildman–Crippen LogP) is 4.06. The van der Waals surface area contributed by atoms with Crippen LogP contribution < -0.4 is 0 Å². The first kappa shape index (κ1) is 13.5. The van der Waals surface area contributed by atoms with Crippen LogP contribution in [0.4, 0.5) is 0 Å². The van der Waals surface area contributed by atoms with Gasteiger partial charge in [0.15, 0.2) is 0 Å². The topological polar surface area (TPSA) is 3.24 Å². The standard InChI is InChI=1S/C13H26BrN/c1-3-5-10-15(4-2)12-13(11-14)8-6-7-9-13/h3-12H2,1-2H3. The van der Waals surface area contributed by atoms with Gasteiger partial charge in [-0.2, -0.15) is 0 Å². The highest BCUT2D eigenvalue weighted by Gasteiger charge is 2.33. The van der Waals surface area contributed by atoms with E-state index < -0.39 is 0 Å². The van der Waals surface area contributed by atoms with E-state index in [1.165, 1.54) is 63.5 Å². The van der Waals surface area contributed by atoms with Gasteiger partial charge in [0.05, 0.1) is 0 Å². The lowest BCUT2D eigenvalue weighted by atomic mass is 9.88. The molecule has 0 unspecified atom stereocenters. The molecule has 1 aliphatic carbocycles. The van der Waals surface area contributed by atoms with Crippen molar-refractivity contribution >= 4 is 15.9 Å². The van der Waals surface area contributed by atoms with E-state index in [1.807, 2.05) is 0 Å². The zero-order valence-corrected chi connectivity index (χ0v) is 12.0. The second kappa shape index (κ2) is 6.90. The monoisotopic (exact) mass is 275 g/mol. The third-order valence-electron chi connectivity index (χ3n) is 3.78. The Morgan fingerprint density at radius 1 is 1.20 bits per heavy atom. The summed E-state index contributed by atoms with van der Waals surface area (Å²) in [6, 6.07) is 0. The van der Waals surface area contributed by atoms with Crippen LogP contribution in [0, 0.1) is 5.41 Å². The van der Waals surface area contributed by atoms with Crippen LogP contribution in [0.15, 0.2) is 0 Å². The van der Waals surface area contributed by atoms with E-state index in [0.29, 0.717) is 5.41 Å². The van der Waals surface area contributed by atoms with E-state index in [9.17, 15) is 0 Å². The summed E-state index contributed by atoms with van der Waals surface area (Å²) in [6.07, 6.45) is 8.42. The summed E-state index contributed by atoms with van der Waals surface area (Å²) in [6.45, 7) is 8.40. The SMILES string of the molecule is CCCCN(CC)CC1(CBr)CCCC1. The molecular weight excluding hydrogens is 250 g/mol. The first-order valence-corrected chi connectivity index (χ1v) is 7.67. The molecule has 1 saturated carbocycles. The van der Waals surface area contributed by atoms with E-state index in [-0.39, 0.29) is 0 Å². The lowest BCUT2D eigenvalue weighted by Gasteiger charge is -2.33. The molecule has 0 atom stereocenters. The van der Waals surface area contributed by atoms with Crippen molar-refractivity contribution in [1.82, 2.24) is 4.90 Å².